The second kappa shape index (κ2) is 7.33. The van der Waals surface area contributed by atoms with Crippen LogP contribution in [0.4, 0.5) is 5.13 Å². The number of aromatic nitrogens is 2. The maximum Gasteiger partial charge on any atom is 0.231 e. The van der Waals surface area contributed by atoms with Crippen molar-refractivity contribution < 1.29 is 4.79 Å². The topological polar surface area (TPSA) is 58.1 Å². The van der Waals surface area contributed by atoms with Gasteiger partial charge in [0.2, 0.25) is 11.0 Å². The van der Waals surface area contributed by atoms with Crippen molar-refractivity contribution in [1.82, 2.24) is 15.5 Å². The smallest absolute Gasteiger partial charge is 0.231 e. The molecule has 132 valence electrons. The maximum atomic E-state index is 12.5. The molecule has 1 N–H and O–H groups in total. The van der Waals surface area contributed by atoms with Crippen LogP contribution in [-0.2, 0) is 10.3 Å². The quantitative estimate of drug-likeness (QED) is 0.785. The number of anilines is 1. The average Bonchev–Trinajstić information content (AvgIpc) is 3.28. The number of carbonyl (C=O) groups is 1. The molecule has 1 aromatic carbocycles. The minimum Gasteiger partial charge on any atom is -0.347 e. The standard InChI is InChI=1S/C18H22N4OS2/c23-15(19-18(9-6-10-18)14-7-2-1-3-8-14)13-24-17-21-20-16(25-17)22-11-4-5-12-22/h1-3,7-8H,4-6,9-13H2,(H,19,23). The molecule has 7 heteroatoms. The molecule has 2 aliphatic rings. The first-order valence-electron chi connectivity index (χ1n) is 8.83. The van der Waals surface area contributed by atoms with Crippen molar-refractivity contribution in [1.29, 1.82) is 0 Å². The Morgan fingerprint density at radius 1 is 1.16 bits per heavy atom. The Labute approximate surface area is 156 Å². The van der Waals surface area contributed by atoms with Gasteiger partial charge in [0.15, 0.2) is 4.34 Å². The molecule has 0 atom stereocenters. The van der Waals surface area contributed by atoms with Crippen LogP contribution in [0.1, 0.15) is 37.7 Å². The molecule has 0 bridgehead atoms. The Morgan fingerprint density at radius 2 is 1.92 bits per heavy atom. The zero-order valence-corrected chi connectivity index (χ0v) is 15.7. The Morgan fingerprint density at radius 3 is 2.60 bits per heavy atom. The normalized spacial score (nSPS) is 18.8. The maximum absolute atomic E-state index is 12.5. The van der Waals surface area contributed by atoms with Gasteiger partial charge in [-0.1, -0.05) is 53.4 Å². The molecule has 1 aliphatic carbocycles. The summed E-state index contributed by atoms with van der Waals surface area (Å²) in [5.41, 5.74) is 1.05. The Kier molecular flexibility index (Phi) is 4.94. The van der Waals surface area contributed by atoms with Gasteiger partial charge in [-0.3, -0.25) is 4.79 Å². The van der Waals surface area contributed by atoms with Gasteiger partial charge < -0.3 is 10.2 Å². The number of hydrogen-bond donors (Lipinski definition) is 1. The number of nitrogens with zero attached hydrogens (tertiary/aromatic N) is 3. The zero-order valence-electron chi connectivity index (χ0n) is 14.1. The Bertz CT molecular complexity index is 724. The predicted molar refractivity (Wildman–Crippen MR) is 102 cm³/mol. The number of hydrogen-bond acceptors (Lipinski definition) is 6. The van der Waals surface area contributed by atoms with Crippen molar-refractivity contribution in [2.75, 3.05) is 23.7 Å². The van der Waals surface area contributed by atoms with Crippen LogP contribution >= 0.6 is 23.1 Å². The van der Waals surface area contributed by atoms with E-state index in [-0.39, 0.29) is 11.4 Å². The van der Waals surface area contributed by atoms with Gasteiger partial charge in [-0.2, -0.15) is 0 Å². The van der Waals surface area contributed by atoms with Crippen LogP contribution in [0.15, 0.2) is 34.7 Å². The third-order valence-corrected chi connectivity index (χ3v) is 7.13. The van der Waals surface area contributed by atoms with Crippen molar-refractivity contribution in [2.45, 2.75) is 42.0 Å². The summed E-state index contributed by atoms with van der Waals surface area (Å²) in [4.78, 5) is 14.8. The summed E-state index contributed by atoms with van der Waals surface area (Å²) in [6, 6.07) is 10.3. The SMILES string of the molecule is O=C(CSc1nnc(N2CCCC2)s1)NC1(c2ccccc2)CCC1. The van der Waals surface area contributed by atoms with Crippen molar-refractivity contribution in [2.24, 2.45) is 0 Å². The van der Waals surface area contributed by atoms with Crippen LogP contribution in [0.25, 0.3) is 0 Å². The van der Waals surface area contributed by atoms with Gasteiger partial charge >= 0.3 is 0 Å². The first kappa shape index (κ1) is 16.8. The summed E-state index contributed by atoms with van der Waals surface area (Å²) >= 11 is 3.08. The number of rotatable bonds is 6. The van der Waals surface area contributed by atoms with Gasteiger partial charge in [0.05, 0.1) is 11.3 Å². The summed E-state index contributed by atoms with van der Waals surface area (Å²) < 4.78 is 0.874. The molecule has 4 rings (SSSR count). The second-order valence-corrected chi connectivity index (χ2v) is 8.86. The lowest BCUT2D eigenvalue weighted by Crippen LogP contribution is -2.51. The summed E-state index contributed by atoms with van der Waals surface area (Å²) in [5.74, 6) is 0.468. The van der Waals surface area contributed by atoms with Gasteiger partial charge in [0, 0.05) is 13.1 Å². The lowest BCUT2D eigenvalue weighted by atomic mass is 9.72. The van der Waals surface area contributed by atoms with Crippen LogP contribution in [0.3, 0.4) is 0 Å². The first-order chi connectivity index (χ1) is 12.3. The molecular formula is C18H22N4OS2. The van der Waals surface area contributed by atoms with E-state index in [1.54, 1.807) is 11.3 Å². The number of thioether (sulfide) groups is 1. The van der Waals surface area contributed by atoms with Crippen molar-refractivity contribution in [3.05, 3.63) is 35.9 Å². The minimum atomic E-state index is -0.166. The lowest BCUT2D eigenvalue weighted by Gasteiger charge is -2.43. The van der Waals surface area contributed by atoms with E-state index in [4.69, 9.17) is 0 Å². The molecule has 1 aliphatic heterocycles. The molecule has 2 aromatic rings. The number of amides is 1. The highest BCUT2D eigenvalue weighted by molar-refractivity contribution is 8.01. The van der Waals surface area contributed by atoms with E-state index in [0.29, 0.717) is 5.75 Å². The summed E-state index contributed by atoms with van der Waals surface area (Å²) in [6.07, 6.45) is 5.66. The van der Waals surface area contributed by atoms with Crippen LogP contribution < -0.4 is 10.2 Å². The van der Waals surface area contributed by atoms with E-state index in [1.807, 2.05) is 18.2 Å². The third kappa shape index (κ3) is 3.67. The summed E-state index contributed by atoms with van der Waals surface area (Å²) in [5, 5.41) is 12.7. The number of benzene rings is 1. The fraction of sp³-hybridized carbons (Fsp3) is 0.500. The van der Waals surface area contributed by atoms with Crippen LogP contribution in [0.2, 0.25) is 0 Å². The van der Waals surface area contributed by atoms with E-state index in [9.17, 15) is 4.79 Å². The second-order valence-electron chi connectivity index (χ2n) is 6.68. The van der Waals surface area contributed by atoms with Crippen molar-refractivity contribution >= 4 is 34.1 Å². The van der Waals surface area contributed by atoms with E-state index in [1.165, 1.54) is 30.2 Å². The highest BCUT2D eigenvalue weighted by atomic mass is 32.2. The van der Waals surface area contributed by atoms with E-state index in [2.05, 4.69) is 32.5 Å². The monoisotopic (exact) mass is 374 g/mol. The molecule has 1 amide bonds. The number of nitrogens with one attached hydrogen (secondary N) is 1. The summed E-state index contributed by atoms with van der Waals surface area (Å²) in [6.45, 7) is 2.14. The van der Waals surface area contributed by atoms with Crippen LogP contribution in [0, 0.1) is 0 Å². The average molecular weight is 375 g/mol. The van der Waals surface area contributed by atoms with E-state index < -0.39 is 0 Å². The molecule has 0 unspecified atom stereocenters. The van der Waals surface area contributed by atoms with Crippen LogP contribution in [-0.4, -0.2) is 34.9 Å². The Balaban J connectivity index is 1.33. The van der Waals surface area contributed by atoms with Crippen LogP contribution in [0.5, 0.6) is 0 Å². The molecule has 2 fully saturated rings. The fourth-order valence-electron chi connectivity index (χ4n) is 3.50. The van der Waals surface area contributed by atoms with Gasteiger partial charge in [0.1, 0.15) is 0 Å². The van der Waals surface area contributed by atoms with Gasteiger partial charge in [-0.15, -0.1) is 10.2 Å². The molecular weight excluding hydrogens is 352 g/mol. The highest BCUT2D eigenvalue weighted by Crippen LogP contribution is 2.41. The van der Waals surface area contributed by atoms with Gasteiger partial charge in [-0.05, 0) is 37.7 Å². The molecule has 5 nitrogen and oxygen atoms in total. The predicted octanol–water partition coefficient (Wildman–Crippen LogP) is 3.43. The van der Waals surface area contributed by atoms with E-state index in [0.717, 1.165) is 41.8 Å². The molecule has 1 aromatic heterocycles. The Hall–Kier alpha value is -1.60. The fourth-order valence-corrected chi connectivity index (χ4v) is 5.19. The first-order valence-corrected chi connectivity index (χ1v) is 10.6. The van der Waals surface area contributed by atoms with Gasteiger partial charge in [0.25, 0.3) is 0 Å². The third-order valence-electron chi connectivity index (χ3n) is 5.01. The molecule has 0 spiro atoms. The largest absolute Gasteiger partial charge is 0.347 e. The molecule has 25 heavy (non-hydrogen) atoms. The van der Waals surface area contributed by atoms with Crippen molar-refractivity contribution in [3.63, 3.8) is 0 Å². The lowest BCUT2D eigenvalue weighted by molar-refractivity contribution is -0.121. The minimum absolute atomic E-state index is 0.0754. The van der Waals surface area contributed by atoms with E-state index >= 15 is 0 Å². The molecule has 1 saturated heterocycles. The summed E-state index contributed by atoms with van der Waals surface area (Å²) in [7, 11) is 0. The molecule has 2 heterocycles. The highest BCUT2D eigenvalue weighted by Gasteiger charge is 2.39. The molecule has 1 saturated carbocycles. The van der Waals surface area contributed by atoms with Gasteiger partial charge in [-0.25, -0.2) is 0 Å². The molecule has 0 radical (unpaired) electrons. The zero-order chi connectivity index (χ0) is 17.1. The van der Waals surface area contributed by atoms with Crippen molar-refractivity contribution in [3.8, 4) is 0 Å². The number of carbonyl (C=O) groups excluding carboxylic acids is 1.